The number of piperidine rings is 1. The van der Waals surface area contributed by atoms with Crippen LogP contribution in [0.5, 0.6) is 0 Å². The molecule has 25 heavy (non-hydrogen) atoms. The summed E-state index contributed by atoms with van der Waals surface area (Å²) in [4.78, 5) is 13.2. The van der Waals surface area contributed by atoms with Gasteiger partial charge in [0.1, 0.15) is 18.0 Å². The summed E-state index contributed by atoms with van der Waals surface area (Å²) < 4.78 is 0. The van der Waals surface area contributed by atoms with Crippen molar-refractivity contribution in [3.05, 3.63) is 36.7 Å². The number of anilines is 4. The van der Waals surface area contributed by atoms with Crippen LogP contribution in [0.1, 0.15) is 19.3 Å². The molecule has 1 aromatic heterocycles. The average molecular weight is 340 g/mol. The number of nitrogens with one attached hydrogen (secondary N) is 2. The first kappa shape index (κ1) is 17.5. The molecule has 0 amide bonds. The summed E-state index contributed by atoms with van der Waals surface area (Å²) in [6.07, 6.45) is 5.53. The topological polar surface area (TPSA) is 56.3 Å². The van der Waals surface area contributed by atoms with Crippen molar-refractivity contribution in [2.45, 2.75) is 19.3 Å². The van der Waals surface area contributed by atoms with Gasteiger partial charge in [0.15, 0.2) is 0 Å². The quantitative estimate of drug-likeness (QED) is 0.807. The molecule has 6 nitrogen and oxygen atoms in total. The van der Waals surface area contributed by atoms with E-state index in [2.05, 4.69) is 68.8 Å². The minimum Gasteiger partial charge on any atom is -0.372 e. The van der Waals surface area contributed by atoms with E-state index in [1.807, 2.05) is 6.07 Å². The van der Waals surface area contributed by atoms with E-state index in [0.29, 0.717) is 0 Å². The highest BCUT2D eigenvalue weighted by Gasteiger charge is 2.10. The molecule has 1 aromatic carbocycles. The molecule has 3 rings (SSSR count). The van der Waals surface area contributed by atoms with E-state index in [1.54, 1.807) is 6.33 Å². The summed E-state index contributed by atoms with van der Waals surface area (Å²) >= 11 is 0. The molecule has 0 aliphatic carbocycles. The fraction of sp³-hybridized carbons (Fsp3) is 0.474. The van der Waals surface area contributed by atoms with Crippen LogP contribution in [-0.2, 0) is 0 Å². The Labute approximate surface area is 150 Å². The van der Waals surface area contributed by atoms with Gasteiger partial charge in [0.25, 0.3) is 0 Å². The number of aromatic nitrogens is 2. The van der Waals surface area contributed by atoms with Crippen molar-refractivity contribution >= 4 is 23.0 Å². The molecule has 1 aliphatic heterocycles. The first-order chi connectivity index (χ1) is 12.2. The summed E-state index contributed by atoms with van der Waals surface area (Å²) in [5.74, 6) is 1.64. The predicted octanol–water partition coefficient (Wildman–Crippen LogP) is 3.18. The van der Waals surface area contributed by atoms with Gasteiger partial charge in [0.2, 0.25) is 0 Å². The van der Waals surface area contributed by atoms with Crippen LogP contribution in [0.3, 0.4) is 0 Å². The molecule has 0 unspecified atom stereocenters. The third-order valence-electron chi connectivity index (χ3n) is 4.39. The van der Waals surface area contributed by atoms with Gasteiger partial charge in [-0.25, -0.2) is 9.97 Å². The molecule has 0 spiro atoms. The van der Waals surface area contributed by atoms with Crippen LogP contribution in [0.4, 0.5) is 23.0 Å². The lowest BCUT2D eigenvalue weighted by atomic mass is 10.1. The van der Waals surface area contributed by atoms with E-state index in [4.69, 9.17) is 0 Å². The number of hydrogen-bond donors (Lipinski definition) is 2. The minimum atomic E-state index is 0.799. The summed E-state index contributed by atoms with van der Waals surface area (Å²) in [6.45, 7) is 4.15. The Morgan fingerprint density at radius 2 is 1.72 bits per heavy atom. The lowest BCUT2D eigenvalue weighted by molar-refractivity contribution is 0.425. The monoisotopic (exact) mass is 340 g/mol. The fourth-order valence-corrected chi connectivity index (χ4v) is 2.99. The van der Waals surface area contributed by atoms with Crippen LogP contribution in [-0.4, -0.2) is 55.1 Å². The van der Waals surface area contributed by atoms with E-state index in [1.165, 1.54) is 38.0 Å². The first-order valence-corrected chi connectivity index (χ1v) is 9.03. The summed E-state index contributed by atoms with van der Waals surface area (Å²) in [5.41, 5.74) is 2.35. The van der Waals surface area contributed by atoms with Crippen molar-refractivity contribution in [3.63, 3.8) is 0 Å². The predicted molar refractivity (Wildman–Crippen MR) is 105 cm³/mol. The molecule has 2 heterocycles. The van der Waals surface area contributed by atoms with Crippen LogP contribution in [0.2, 0.25) is 0 Å². The molecular formula is C19H28N6. The van der Waals surface area contributed by atoms with Crippen LogP contribution >= 0.6 is 0 Å². The third kappa shape index (κ3) is 5.32. The zero-order valence-electron chi connectivity index (χ0n) is 15.2. The van der Waals surface area contributed by atoms with Crippen molar-refractivity contribution in [1.82, 2.24) is 14.9 Å². The molecule has 134 valence electrons. The fourth-order valence-electron chi connectivity index (χ4n) is 2.99. The molecular weight excluding hydrogens is 312 g/mol. The Morgan fingerprint density at radius 1 is 1.00 bits per heavy atom. The minimum absolute atomic E-state index is 0.799. The number of nitrogens with zero attached hydrogens (tertiary/aromatic N) is 4. The number of hydrogen-bond acceptors (Lipinski definition) is 6. The molecule has 0 bridgehead atoms. The molecule has 1 saturated heterocycles. The molecule has 1 fully saturated rings. The van der Waals surface area contributed by atoms with Crippen molar-refractivity contribution in [3.8, 4) is 0 Å². The standard InChI is InChI=1S/C19H28N6/c1-24(2)13-10-20-18-14-19(22-15-21-18)23-16-6-8-17(9-7-16)25-11-4-3-5-12-25/h6-9,14-15H,3-5,10-13H2,1-2H3,(H2,20,21,22,23). The molecule has 6 heteroatoms. The maximum Gasteiger partial charge on any atom is 0.135 e. The average Bonchev–Trinajstić information content (AvgIpc) is 2.63. The van der Waals surface area contributed by atoms with Crippen molar-refractivity contribution < 1.29 is 0 Å². The Morgan fingerprint density at radius 3 is 2.44 bits per heavy atom. The van der Waals surface area contributed by atoms with Gasteiger partial charge < -0.3 is 20.4 Å². The highest BCUT2D eigenvalue weighted by atomic mass is 15.1. The molecule has 1 aliphatic rings. The SMILES string of the molecule is CN(C)CCNc1cc(Nc2ccc(N3CCCCC3)cc2)ncn1. The van der Waals surface area contributed by atoms with E-state index < -0.39 is 0 Å². The Bertz CT molecular complexity index is 649. The Balaban J connectivity index is 1.58. The van der Waals surface area contributed by atoms with Crippen LogP contribution in [0.25, 0.3) is 0 Å². The molecule has 0 atom stereocenters. The lowest BCUT2D eigenvalue weighted by Crippen LogP contribution is -2.29. The van der Waals surface area contributed by atoms with Gasteiger partial charge in [-0.05, 0) is 57.6 Å². The lowest BCUT2D eigenvalue weighted by Gasteiger charge is -2.28. The molecule has 2 aromatic rings. The van der Waals surface area contributed by atoms with E-state index >= 15 is 0 Å². The molecule has 0 radical (unpaired) electrons. The summed E-state index contributed by atoms with van der Waals surface area (Å²) in [5, 5.41) is 6.67. The van der Waals surface area contributed by atoms with Crippen LogP contribution in [0.15, 0.2) is 36.7 Å². The number of likely N-dealkylation sites (N-methyl/N-ethyl adjacent to an activating group) is 1. The van der Waals surface area contributed by atoms with Gasteiger partial charge in [0, 0.05) is 43.6 Å². The second-order valence-corrected chi connectivity index (χ2v) is 6.74. The first-order valence-electron chi connectivity index (χ1n) is 9.03. The van der Waals surface area contributed by atoms with Crippen LogP contribution < -0.4 is 15.5 Å². The van der Waals surface area contributed by atoms with Gasteiger partial charge in [-0.1, -0.05) is 0 Å². The maximum absolute atomic E-state index is 4.31. The Hall–Kier alpha value is -2.34. The zero-order chi connectivity index (χ0) is 17.5. The van der Waals surface area contributed by atoms with Gasteiger partial charge in [-0.3, -0.25) is 0 Å². The third-order valence-corrected chi connectivity index (χ3v) is 4.39. The van der Waals surface area contributed by atoms with Crippen molar-refractivity contribution in [1.29, 1.82) is 0 Å². The molecule has 0 saturated carbocycles. The smallest absolute Gasteiger partial charge is 0.135 e. The normalized spacial score (nSPS) is 14.6. The van der Waals surface area contributed by atoms with Gasteiger partial charge in [-0.15, -0.1) is 0 Å². The van der Waals surface area contributed by atoms with Crippen molar-refractivity contribution in [2.24, 2.45) is 0 Å². The number of benzene rings is 1. The summed E-state index contributed by atoms with van der Waals surface area (Å²) in [7, 11) is 4.12. The van der Waals surface area contributed by atoms with Gasteiger partial charge >= 0.3 is 0 Å². The second-order valence-electron chi connectivity index (χ2n) is 6.74. The largest absolute Gasteiger partial charge is 0.372 e. The highest BCUT2D eigenvalue weighted by molar-refractivity contribution is 5.62. The summed E-state index contributed by atoms with van der Waals surface area (Å²) in [6, 6.07) is 10.5. The highest BCUT2D eigenvalue weighted by Crippen LogP contribution is 2.23. The second kappa shape index (κ2) is 8.67. The van der Waals surface area contributed by atoms with Crippen molar-refractivity contribution in [2.75, 3.05) is 55.8 Å². The van der Waals surface area contributed by atoms with Crippen LogP contribution in [0, 0.1) is 0 Å². The van der Waals surface area contributed by atoms with E-state index in [-0.39, 0.29) is 0 Å². The Kier molecular flexibility index (Phi) is 6.06. The van der Waals surface area contributed by atoms with Gasteiger partial charge in [-0.2, -0.15) is 0 Å². The molecule has 2 N–H and O–H groups in total. The zero-order valence-corrected chi connectivity index (χ0v) is 15.2. The maximum atomic E-state index is 4.31. The van der Waals surface area contributed by atoms with Gasteiger partial charge in [0.05, 0.1) is 0 Å². The van der Waals surface area contributed by atoms with E-state index in [9.17, 15) is 0 Å². The number of rotatable bonds is 7. The van der Waals surface area contributed by atoms with E-state index in [0.717, 1.165) is 30.4 Å².